The molecular formula is C9H13Br. The third kappa shape index (κ3) is 1.72. The second-order valence-corrected chi connectivity index (χ2v) is 3.73. The van der Waals surface area contributed by atoms with E-state index in [1.807, 2.05) is 0 Å². The van der Waals surface area contributed by atoms with Gasteiger partial charge in [-0.05, 0) is 31.8 Å². The Bertz CT molecular complexity index is 177. The third-order valence-corrected chi connectivity index (χ3v) is 2.65. The van der Waals surface area contributed by atoms with Crippen LogP contribution in [0.5, 0.6) is 0 Å². The molecule has 1 rings (SSSR count). The Balaban J connectivity index is 2.68. The maximum atomic E-state index is 3.47. The molecule has 0 aliphatic heterocycles. The maximum Gasteiger partial charge on any atom is 0.0135 e. The van der Waals surface area contributed by atoms with Gasteiger partial charge in [0.05, 0.1) is 0 Å². The summed E-state index contributed by atoms with van der Waals surface area (Å²) in [6, 6.07) is 0. The van der Waals surface area contributed by atoms with Gasteiger partial charge in [-0.2, -0.15) is 0 Å². The highest BCUT2D eigenvalue weighted by Gasteiger charge is 2.10. The fourth-order valence-corrected chi connectivity index (χ4v) is 1.87. The van der Waals surface area contributed by atoms with Crippen LogP contribution in [0, 0.1) is 5.92 Å². The van der Waals surface area contributed by atoms with Gasteiger partial charge in [-0.1, -0.05) is 34.5 Å². The molecule has 0 aromatic carbocycles. The molecule has 0 amide bonds. The van der Waals surface area contributed by atoms with Crippen LogP contribution < -0.4 is 0 Å². The van der Waals surface area contributed by atoms with Gasteiger partial charge in [-0.15, -0.1) is 0 Å². The molecule has 0 saturated carbocycles. The first kappa shape index (κ1) is 8.06. The minimum atomic E-state index is 0.793. The Morgan fingerprint density at radius 2 is 2.40 bits per heavy atom. The Kier molecular flexibility index (Phi) is 2.72. The molecule has 0 N–H and O–H groups in total. The second-order valence-electron chi connectivity index (χ2n) is 2.82. The first-order valence-electron chi connectivity index (χ1n) is 3.78. The van der Waals surface area contributed by atoms with Crippen LogP contribution in [0.15, 0.2) is 22.2 Å². The maximum absolute atomic E-state index is 3.47. The van der Waals surface area contributed by atoms with Gasteiger partial charge in [-0.3, -0.25) is 0 Å². The lowest BCUT2D eigenvalue weighted by Crippen LogP contribution is -2.02. The van der Waals surface area contributed by atoms with E-state index >= 15 is 0 Å². The monoisotopic (exact) mass is 200 g/mol. The molecule has 0 bridgehead atoms. The van der Waals surface area contributed by atoms with Crippen LogP contribution in [-0.4, -0.2) is 0 Å². The van der Waals surface area contributed by atoms with Gasteiger partial charge < -0.3 is 0 Å². The number of rotatable bonds is 1. The molecule has 0 aromatic heterocycles. The summed E-state index contributed by atoms with van der Waals surface area (Å²) in [6.07, 6.45) is 6.94. The molecule has 10 heavy (non-hydrogen) atoms. The Labute approximate surface area is 71.1 Å². The molecule has 1 unspecified atom stereocenters. The molecule has 0 saturated heterocycles. The normalized spacial score (nSPS) is 25.7. The largest absolute Gasteiger partial charge is 0.0697 e. The van der Waals surface area contributed by atoms with Crippen molar-refractivity contribution < 1.29 is 0 Å². The second kappa shape index (κ2) is 3.38. The van der Waals surface area contributed by atoms with Crippen molar-refractivity contribution in [2.75, 3.05) is 0 Å². The van der Waals surface area contributed by atoms with Gasteiger partial charge in [0, 0.05) is 4.48 Å². The first-order chi connectivity index (χ1) is 4.74. The Hall–Kier alpha value is -0.0400. The summed E-state index contributed by atoms with van der Waals surface area (Å²) in [5, 5.41) is 0. The highest BCUT2D eigenvalue weighted by Crippen LogP contribution is 2.28. The van der Waals surface area contributed by atoms with E-state index in [1.165, 1.54) is 22.9 Å². The van der Waals surface area contributed by atoms with Crippen molar-refractivity contribution in [1.82, 2.24) is 0 Å². The molecule has 1 aliphatic carbocycles. The van der Waals surface area contributed by atoms with E-state index in [4.69, 9.17) is 0 Å². The average Bonchev–Trinajstić information content (AvgIpc) is 1.88. The van der Waals surface area contributed by atoms with E-state index < -0.39 is 0 Å². The van der Waals surface area contributed by atoms with E-state index in [0.29, 0.717) is 0 Å². The highest BCUT2D eigenvalue weighted by molar-refractivity contribution is 9.11. The Morgan fingerprint density at radius 3 is 2.90 bits per heavy atom. The molecule has 56 valence electrons. The molecule has 0 spiro atoms. The highest BCUT2D eigenvalue weighted by atomic mass is 79.9. The van der Waals surface area contributed by atoms with Gasteiger partial charge in [-0.25, -0.2) is 0 Å². The van der Waals surface area contributed by atoms with Crippen LogP contribution in [0.1, 0.15) is 26.7 Å². The lowest BCUT2D eigenvalue weighted by Gasteiger charge is -2.17. The zero-order valence-corrected chi connectivity index (χ0v) is 8.11. The molecule has 0 heterocycles. The quantitative estimate of drug-likeness (QED) is 0.607. The van der Waals surface area contributed by atoms with Gasteiger partial charge >= 0.3 is 0 Å². The van der Waals surface area contributed by atoms with Crippen LogP contribution in [0.3, 0.4) is 0 Å². The van der Waals surface area contributed by atoms with Crippen molar-refractivity contribution in [3.8, 4) is 0 Å². The number of hydrogen-bond donors (Lipinski definition) is 0. The number of hydrogen-bond acceptors (Lipinski definition) is 0. The SMILES string of the molecule is CCC1CC=C(Br)C=C1C. The molecular weight excluding hydrogens is 188 g/mol. The van der Waals surface area contributed by atoms with Crippen LogP contribution >= 0.6 is 15.9 Å². The zero-order chi connectivity index (χ0) is 7.56. The molecule has 1 heteroatoms. The third-order valence-electron chi connectivity index (χ3n) is 2.10. The van der Waals surface area contributed by atoms with Crippen molar-refractivity contribution in [2.24, 2.45) is 5.92 Å². The topological polar surface area (TPSA) is 0 Å². The smallest absolute Gasteiger partial charge is 0.0135 e. The summed E-state index contributed by atoms with van der Waals surface area (Å²) in [4.78, 5) is 0. The van der Waals surface area contributed by atoms with Gasteiger partial charge in [0.2, 0.25) is 0 Å². The van der Waals surface area contributed by atoms with Crippen molar-refractivity contribution in [3.05, 3.63) is 22.2 Å². The zero-order valence-electron chi connectivity index (χ0n) is 6.52. The first-order valence-corrected chi connectivity index (χ1v) is 4.57. The van der Waals surface area contributed by atoms with Gasteiger partial charge in [0.15, 0.2) is 0 Å². The van der Waals surface area contributed by atoms with Crippen molar-refractivity contribution in [3.63, 3.8) is 0 Å². The summed E-state index contributed by atoms with van der Waals surface area (Å²) < 4.78 is 1.25. The number of halogens is 1. The summed E-state index contributed by atoms with van der Waals surface area (Å²) in [7, 11) is 0. The number of allylic oxidation sites excluding steroid dienone is 4. The van der Waals surface area contributed by atoms with Gasteiger partial charge in [0.1, 0.15) is 0 Å². The average molecular weight is 201 g/mol. The fraction of sp³-hybridized carbons (Fsp3) is 0.556. The minimum absolute atomic E-state index is 0.793. The van der Waals surface area contributed by atoms with E-state index in [-0.39, 0.29) is 0 Å². The van der Waals surface area contributed by atoms with E-state index in [9.17, 15) is 0 Å². The summed E-state index contributed by atoms with van der Waals surface area (Å²) in [5.41, 5.74) is 1.51. The molecule has 1 aliphatic rings. The van der Waals surface area contributed by atoms with Crippen LogP contribution in [0.25, 0.3) is 0 Å². The Morgan fingerprint density at radius 1 is 1.70 bits per heavy atom. The van der Waals surface area contributed by atoms with Crippen LogP contribution in [0.2, 0.25) is 0 Å². The van der Waals surface area contributed by atoms with E-state index in [0.717, 1.165) is 5.92 Å². The van der Waals surface area contributed by atoms with Gasteiger partial charge in [0.25, 0.3) is 0 Å². The standard InChI is InChI=1S/C9H13Br/c1-3-8-4-5-9(10)6-7(8)2/h5-6,8H,3-4H2,1-2H3. The van der Waals surface area contributed by atoms with Crippen molar-refractivity contribution in [2.45, 2.75) is 26.7 Å². The van der Waals surface area contributed by atoms with Crippen molar-refractivity contribution >= 4 is 15.9 Å². The van der Waals surface area contributed by atoms with E-state index in [1.54, 1.807) is 0 Å². The predicted octanol–water partition coefficient (Wildman–Crippen LogP) is 3.64. The summed E-state index contributed by atoms with van der Waals surface area (Å²) >= 11 is 3.47. The minimum Gasteiger partial charge on any atom is -0.0697 e. The summed E-state index contributed by atoms with van der Waals surface area (Å²) in [5.74, 6) is 0.793. The lowest BCUT2D eigenvalue weighted by molar-refractivity contribution is 0.594. The van der Waals surface area contributed by atoms with Crippen LogP contribution in [0.4, 0.5) is 0 Å². The molecule has 0 fully saturated rings. The summed E-state index contributed by atoms with van der Waals surface area (Å²) in [6.45, 7) is 4.46. The molecule has 1 atom stereocenters. The van der Waals surface area contributed by atoms with Crippen LogP contribution in [-0.2, 0) is 0 Å². The fourth-order valence-electron chi connectivity index (χ4n) is 1.32. The van der Waals surface area contributed by atoms with E-state index in [2.05, 4.69) is 41.9 Å². The van der Waals surface area contributed by atoms with Crippen molar-refractivity contribution in [1.29, 1.82) is 0 Å². The predicted molar refractivity (Wildman–Crippen MR) is 49.2 cm³/mol. The molecule has 0 aromatic rings. The molecule has 0 radical (unpaired) electrons. The lowest BCUT2D eigenvalue weighted by atomic mass is 9.91. The molecule has 0 nitrogen and oxygen atoms in total.